The molecule has 7 nitrogen and oxygen atoms in total. The van der Waals surface area contributed by atoms with E-state index in [1.54, 1.807) is 0 Å². The van der Waals surface area contributed by atoms with Crippen molar-refractivity contribution in [1.29, 1.82) is 0 Å². The monoisotopic (exact) mass is 576 g/mol. The zero-order chi connectivity index (χ0) is 28.4. The number of carbonyl (C=O) groups excluding carboxylic acids is 1. The quantitative estimate of drug-likeness (QED) is 0.386. The molecule has 3 saturated carbocycles. The molecule has 10 heteroatoms. The first-order valence-electron chi connectivity index (χ1n) is 14.3. The minimum Gasteiger partial charge on any atom is -0.493 e. The van der Waals surface area contributed by atoms with Crippen molar-refractivity contribution in [3.8, 4) is 11.5 Å². The van der Waals surface area contributed by atoms with Crippen molar-refractivity contribution in [1.82, 2.24) is 9.62 Å². The number of rotatable bonds is 10. The van der Waals surface area contributed by atoms with Crippen molar-refractivity contribution in [3.05, 3.63) is 53.1 Å². The Kier molecular flexibility index (Phi) is 8.66. The van der Waals surface area contributed by atoms with Gasteiger partial charge < -0.3 is 14.4 Å². The molecule has 3 aliphatic rings. The van der Waals surface area contributed by atoms with E-state index in [1.807, 2.05) is 18.8 Å². The first-order chi connectivity index (χ1) is 19.1. The van der Waals surface area contributed by atoms with Crippen molar-refractivity contribution in [3.63, 3.8) is 0 Å². The first-order valence-corrected chi connectivity index (χ1v) is 15.8. The van der Waals surface area contributed by atoms with Gasteiger partial charge in [-0.2, -0.15) is 0 Å². The summed E-state index contributed by atoms with van der Waals surface area (Å²) >= 11 is 0. The van der Waals surface area contributed by atoms with Crippen LogP contribution in [0.15, 0.2) is 35.2 Å². The van der Waals surface area contributed by atoms with Gasteiger partial charge in [-0.25, -0.2) is 21.9 Å². The van der Waals surface area contributed by atoms with Gasteiger partial charge in [0.15, 0.2) is 0 Å². The van der Waals surface area contributed by atoms with E-state index in [2.05, 4.69) is 4.90 Å². The molecular formula is C30H38F2N2O5S. The van der Waals surface area contributed by atoms with Crippen molar-refractivity contribution in [2.45, 2.75) is 87.2 Å². The van der Waals surface area contributed by atoms with Gasteiger partial charge >= 0.3 is 0 Å². The number of carbonyl (C=O) groups is 1. The zero-order valence-electron chi connectivity index (χ0n) is 23.1. The molecule has 0 aromatic heterocycles. The van der Waals surface area contributed by atoms with Crippen LogP contribution in [0.1, 0.15) is 86.0 Å². The molecule has 3 fully saturated rings. The fourth-order valence-corrected chi connectivity index (χ4v) is 6.98. The summed E-state index contributed by atoms with van der Waals surface area (Å²) in [7, 11) is -0.672. The third-order valence-electron chi connectivity index (χ3n) is 8.35. The average Bonchev–Trinajstić information content (AvgIpc) is 3.61. The Morgan fingerprint density at radius 1 is 0.950 bits per heavy atom. The van der Waals surface area contributed by atoms with E-state index in [-0.39, 0.29) is 23.8 Å². The molecule has 0 aliphatic heterocycles. The fraction of sp³-hybridized carbons (Fsp3) is 0.567. The minimum atomic E-state index is -4.61. The number of halogens is 2. The largest absolute Gasteiger partial charge is 0.493 e. The lowest BCUT2D eigenvalue weighted by Crippen LogP contribution is -2.44. The highest BCUT2D eigenvalue weighted by Crippen LogP contribution is 2.45. The molecule has 0 bridgehead atoms. The second kappa shape index (κ2) is 12.0. The van der Waals surface area contributed by atoms with Crippen LogP contribution in [0.25, 0.3) is 0 Å². The topological polar surface area (TPSA) is 84.9 Å². The van der Waals surface area contributed by atoms with Gasteiger partial charge in [0.1, 0.15) is 34.1 Å². The van der Waals surface area contributed by atoms with Crippen LogP contribution in [0.2, 0.25) is 0 Å². The van der Waals surface area contributed by atoms with Gasteiger partial charge in [0.2, 0.25) is 0 Å². The molecule has 40 heavy (non-hydrogen) atoms. The predicted octanol–water partition coefficient (Wildman–Crippen LogP) is 5.78. The maximum atomic E-state index is 15.1. The van der Waals surface area contributed by atoms with E-state index in [9.17, 15) is 13.2 Å². The summed E-state index contributed by atoms with van der Waals surface area (Å²) in [6.45, 7) is 0.495. The second-order valence-electron chi connectivity index (χ2n) is 11.6. The number of benzene rings is 2. The van der Waals surface area contributed by atoms with Crippen molar-refractivity contribution in [2.75, 3.05) is 20.7 Å². The SMILES string of the molecule is CN(C)[C@H]1CCCC[C@@H]1Oc1ccc(S(=O)(=O)NC(=O)c2cc(C3CC3)c(OCC3CCCC3)cc2F)c(F)c1. The maximum absolute atomic E-state index is 15.1. The number of sulfonamides is 1. The molecule has 3 aliphatic carbocycles. The van der Waals surface area contributed by atoms with Crippen LogP contribution in [0, 0.1) is 17.6 Å². The molecule has 218 valence electrons. The second-order valence-corrected chi connectivity index (χ2v) is 13.3. The smallest absolute Gasteiger partial charge is 0.267 e. The average molecular weight is 577 g/mol. The Labute approximate surface area is 235 Å². The number of likely N-dealkylation sites (N-methyl/N-ethyl adjacent to an activating group) is 1. The Morgan fingerprint density at radius 3 is 2.33 bits per heavy atom. The van der Waals surface area contributed by atoms with Gasteiger partial charge in [-0.1, -0.05) is 19.3 Å². The van der Waals surface area contributed by atoms with Gasteiger partial charge in [0.05, 0.1) is 12.2 Å². The van der Waals surface area contributed by atoms with E-state index in [0.29, 0.717) is 23.8 Å². The van der Waals surface area contributed by atoms with Gasteiger partial charge in [0.25, 0.3) is 15.9 Å². The Balaban J connectivity index is 1.30. The maximum Gasteiger partial charge on any atom is 0.267 e. The molecule has 0 saturated heterocycles. The Morgan fingerprint density at radius 2 is 1.65 bits per heavy atom. The Bertz CT molecular complexity index is 1340. The molecule has 2 aromatic carbocycles. The lowest BCUT2D eigenvalue weighted by atomic mass is 9.91. The van der Waals surface area contributed by atoms with Gasteiger partial charge in [-0.05, 0) is 94.6 Å². The van der Waals surface area contributed by atoms with Gasteiger partial charge in [-0.3, -0.25) is 4.79 Å². The Hall–Kier alpha value is -2.72. The lowest BCUT2D eigenvalue weighted by Gasteiger charge is -2.36. The number of hydrogen-bond acceptors (Lipinski definition) is 6. The molecule has 5 rings (SSSR count). The number of hydrogen-bond donors (Lipinski definition) is 1. The summed E-state index contributed by atoms with van der Waals surface area (Å²) in [6, 6.07) is 6.19. The van der Waals surface area contributed by atoms with Crippen molar-refractivity contribution >= 4 is 15.9 Å². The highest BCUT2D eigenvalue weighted by atomic mass is 32.2. The van der Waals surface area contributed by atoms with Crippen LogP contribution < -0.4 is 14.2 Å². The van der Waals surface area contributed by atoms with Crippen LogP contribution in [0.4, 0.5) is 8.78 Å². The molecule has 0 radical (unpaired) electrons. The zero-order valence-corrected chi connectivity index (χ0v) is 23.9. The summed E-state index contributed by atoms with van der Waals surface area (Å²) in [4.78, 5) is 14.3. The van der Waals surface area contributed by atoms with Crippen LogP contribution in [0.3, 0.4) is 0 Å². The van der Waals surface area contributed by atoms with E-state index in [1.165, 1.54) is 31.0 Å². The van der Waals surface area contributed by atoms with Crippen LogP contribution in [0.5, 0.6) is 11.5 Å². The van der Waals surface area contributed by atoms with Gasteiger partial charge in [-0.15, -0.1) is 0 Å². The molecular weight excluding hydrogens is 538 g/mol. The summed E-state index contributed by atoms with van der Waals surface area (Å²) in [5.74, 6) is -1.89. The normalized spacial score (nSPS) is 21.9. The van der Waals surface area contributed by atoms with Crippen molar-refractivity contribution < 1.29 is 31.5 Å². The number of ether oxygens (including phenoxy) is 2. The standard InChI is InChI=1S/C30H38F2N2O5S/c1-34(2)26-9-5-6-10-27(26)39-21-13-14-29(25(32)15-21)40(36,37)33-30(35)23-16-22(20-11-12-20)28(17-24(23)31)38-18-19-7-3-4-8-19/h13-17,19-20,26-27H,3-12,18H2,1-2H3,(H,33,35)/t26-,27-/m0/s1. The number of nitrogens with one attached hydrogen (secondary N) is 1. The van der Waals surface area contributed by atoms with Crippen LogP contribution in [-0.4, -0.2) is 52.1 Å². The summed E-state index contributed by atoms with van der Waals surface area (Å²) in [6.07, 6.45) is 10.0. The van der Waals surface area contributed by atoms with Crippen LogP contribution >= 0.6 is 0 Å². The van der Waals surface area contributed by atoms with E-state index >= 15 is 8.78 Å². The molecule has 0 unspecified atom stereocenters. The molecule has 1 amide bonds. The predicted molar refractivity (Wildman–Crippen MR) is 147 cm³/mol. The fourth-order valence-electron chi connectivity index (χ4n) is 5.95. The van der Waals surface area contributed by atoms with E-state index < -0.39 is 38.0 Å². The first kappa shape index (κ1) is 28.8. The molecule has 0 heterocycles. The molecule has 1 N–H and O–H groups in total. The summed E-state index contributed by atoms with van der Waals surface area (Å²) in [5.41, 5.74) is 0.291. The lowest BCUT2D eigenvalue weighted by molar-refractivity contribution is 0.0620. The summed E-state index contributed by atoms with van der Waals surface area (Å²) in [5, 5.41) is 0. The molecule has 2 atom stereocenters. The third kappa shape index (κ3) is 6.60. The third-order valence-corrected chi connectivity index (χ3v) is 9.71. The highest BCUT2D eigenvalue weighted by Gasteiger charge is 2.32. The molecule has 2 aromatic rings. The summed E-state index contributed by atoms with van der Waals surface area (Å²) < 4.78 is 69.8. The number of nitrogens with zero attached hydrogens (tertiary/aromatic N) is 1. The van der Waals surface area contributed by atoms with Crippen molar-refractivity contribution in [2.24, 2.45) is 5.92 Å². The van der Waals surface area contributed by atoms with Crippen LogP contribution in [-0.2, 0) is 10.0 Å². The number of amides is 1. The highest BCUT2D eigenvalue weighted by molar-refractivity contribution is 7.90. The molecule has 0 spiro atoms. The van der Waals surface area contributed by atoms with E-state index in [0.717, 1.165) is 63.5 Å². The van der Waals surface area contributed by atoms with Gasteiger partial charge in [0, 0.05) is 18.2 Å². The van der Waals surface area contributed by atoms with E-state index in [4.69, 9.17) is 9.47 Å². The minimum absolute atomic E-state index is 0.140.